The van der Waals surface area contributed by atoms with E-state index < -0.39 is 11.6 Å². The lowest BCUT2D eigenvalue weighted by atomic mass is 10.1. The summed E-state index contributed by atoms with van der Waals surface area (Å²) in [5.41, 5.74) is 0.461. The number of nitriles is 1. The van der Waals surface area contributed by atoms with Crippen molar-refractivity contribution in [3.8, 4) is 6.07 Å². The number of hydrogen-bond acceptors (Lipinski definition) is 1. The van der Waals surface area contributed by atoms with Gasteiger partial charge in [-0.3, -0.25) is 0 Å². The molecule has 1 rings (SSSR count). The first-order valence-corrected chi connectivity index (χ1v) is 3.95. The molecule has 0 spiro atoms. The van der Waals surface area contributed by atoms with E-state index in [9.17, 15) is 8.78 Å². The molecule has 1 aromatic rings. The zero-order valence-corrected chi connectivity index (χ0v) is 7.53. The molecule has 62 valence electrons. The Hall–Kier alpha value is -0.950. The van der Waals surface area contributed by atoms with Gasteiger partial charge in [0.15, 0.2) is 11.6 Å². The number of benzene rings is 1. The summed E-state index contributed by atoms with van der Waals surface area (Å²) in [5, 5.41) is 8.29. The monoisotopic (exact) mass is 231 g/mol. The molecule has 0 aromatic heterocycles. The average molecular weight is 232 g/mol. The van der Waals surface area contributed by atoms with E-state index in [1.165, 1.54) is 6.07 Å². The second-order valence-electron chi connectivity index (χ2n) is 2.21. The molecule has 0 aliphatic heterocycles. The molecule has 0 saturated heterocycles. The van der Waals surface area contributed by atoms with Crippen molar-refractivity contribution in [1.29, 1.82) is 5.26 Å². The van der Waals surface area contributed by atoms with Gasteiger partial charge in [0, 0.05) is 0 Å². The molecule has 0 radical (unpaired) electrons. The molecular weight excluding hydrogens is 228 g/mol. The number of halogens is 3. The van der Waals surface area contributed by atoms with Crippen molar-refractivity contribution in [3.05, 3.63) is 33.8 Å². The minimum Gasteiger partial charge on any atom is -0.204 e. The van der Waals surface area contributed by atoms with Crippen LogP contribution in [-0.4, -0.2) is 0 Å². The Kier molecular flexibility index (Phi) is 2.77. The number of nitrogens with zero attached hydrogens (tertiary/aromatic N) is 1. The SMILES string of the molecule is N#CCc1cc(F)c(F)c(Br)c1. The van der Waals surface area contributed by atoms with Crippen LogP contribution >= 0.6 is 15.9 Å². The quantitative estimate of drug-likeness (QED) is 0.683. The summed E-state index contributed by atoms with van der Waals surface area (Å²) >= 11 is 2.84. The van der Waals surface area contributed by atoms with Crippen molar-refractivity contribution >= 4 is 15.9 Å². The van der Waals surface area contributed by atoms with E-state index in [2.05, 4.69) is 15.9 Å². The first-order chi connectivity index (χ1) is 5.65. The molecule has 0 N–H and O–H groups in total. The van der Waals surface area contributed by atoms with Gasteiger partial charge < -0.3 is 0 Å². The van der Waals surface area contributed by atoms with Crippen LogP contribution in [0.25, 0.3) is 0 Å². The summed E-state index contributed by atoms with van der Waals surface area (Å²) in [4.78, 5) is 0. The maximum absolute atomic E-state index is 12.6. The highest BCUT2D eigenvalue weighted by atomic mass is 79.9. The third kappa shape index (κ3) is 1.80. The van der Waals surface area contributed by atoms with Crippen molar-refractivity contribution in [1.82, 2.24) is 0 Å². The molecule has 0 unspecified atom stereocenters. The Balaban J connectivity index is 3.14. The fourth-order valence-electron chi connectivity index (χ4n) is 0.801. The molecule has 1 aromatic carbocycles. The second-order valence-corrected chi connectivity index (χ2v) is 3.06. The van der Waals surface area contributed by atoms with E-state index in [0.717, 1.165) is 6.07 Å². The molecule has 0 heterocycles. The molecule has 1 nitrogen and oxygen atoms in total. The lowest BCUT2D eigenvalue weighted by Crippen LogP contribution is -1.90. The van der Waals surface area contributed by atoms with Gasteiger partial charge in [0.1, 0.15) is 0 Å². The molecule has 0 bridgehead atoms. The molecule has 0 fully saturated rings. The Morgan fingerprint density at radius 1 is 1.42 bits per heavy atom. The highest BCUT2D eigenvalue weighted by Crippen LogP contribution is 2.20. The van der Waals surface area contributed by atoms with E-state index in [4.69, 9.17) is 5.26 Å². The Labute approximate surface area is 76.8 Å². The van der Waals surface area contributed by atoms with Crippen LogP contribution < -0.4 is 0 Å². The van der Waals surface area contributed by atoms with Crippen LogP contribution in [0.3, 0.4) is 0 Å². The van der Waals surface area contributed by atoms with Gasteiger partial charge in [-0.15, -0.1) is 0 Å². The van der Waals surface area contributed by atoms with Gasteiger partial charge in [-0.25, -0.2) is 8.78 Å². The van der Waals surface area contributed by atoms with Crippen molar-refractivity contribution in [3.63, 3.8) is 0 Å². The summed E-state index contributed by atoms with van der Waals surface area (Å²) in [5.74, 6) is -1.86. The van der Waals surface area contributed by atoms with Gasteiger partial charge in [0.25, 0.3) is 0 Å². The molecular formula is C8H4BrF2N. The van der Waals surface area contributed by atoms with Gasteiger partial charge in [0.05, 0.1) is 17.0 Å². The Bertz CT molecular complexity index is 320. The van der Waals surface area contributed by atoms with Gasteiger partial charge in [-0.1, -0.05) is 0 Å². The van der Waals surface area contributed by atoms with Crippen LogP contribution in [0.5, 0.6) is 0 Å². The van der Waals surface area contributed by atoms with Crippen LogP contribution in [0.2, 0.25) is 0 Å². The molecule has 0 aliphatic rings. The van der Waals surface area contributed by atoms with Crippen LogP contribution in [0.1, 0.15) is 5.56 Å². The average Bonchev–Trinajstić information content (AvgIpc) is 2.01. The summed E-state index contributed by atoms with van der Waals surface area (Å²) in [7, 11) is 0. The Morgan fingerprint density at radius 2 is 2.08 bits per heavy atom. The highest BCUT2D eigenvalue weighted by Gasteiger charge is 2.07. The summed E-state index contributed by atoms with van der Waals surface area (Å²) in [6.45, 7) is 0. The van der Waals surface area contributed by atoms with E-state index >= 15 is 0 Å². The van der Waals surface area contributed by atoms with Crippen molar-refractivity contribution in [2.45, 2.75) is 6.42 Å². The second kappa shape index (κ2) is 3.63. The maximum atomic E-state index is 12.6. The standard InChI is InChI=1S/C8H4BrF2N/c9-6-3-5(1-2-12)4-7(10)8(6)11/h3-4H,1H2. The third-order valence-corrected chi connectivity index (χ3v) is 1.90. The van der Waals surface area contributed by atoms with Crippen molar-refractivity contribution < 1.29 is 8.78 Å². The van der Waals surface area contributed by atoms with E-state index in [1.807, 2.05) is 6.07 Å². The van der Waals surface area contributed by atoms with Crippen molar-refractivity contribution in [2.75, 3.05) is 0 Å². The minimum absolute atomic E-state index is 0.0488. The normalized spacial score (nSPS) is 9.50. The maximum Gasteiger partial charge on any atom is 0.172 e. The topological polar surface area (TPSA) is 23.8 Å². The zero-order chi connectivity index (χ0) is 9.14. The zero-order valence-electron chi connectivity index (χ0n) is 5.94. The highest BCUT2D eigenvalue weighted by molar-refractivity contribution is 9.10. The number of hydrogen-bond donors (Lipinski definition) is 0. The molecule has 0 atom stereocenters. The predicted molar refractivity (Wildman–Crippen MR) is 43.4 cm³/mol. The molecule has 12 heavy (non-hydrogen) atoms. The molecule has 0 saturated carbocycles. The largest absolute Gasteiger partial charge is 0.204 e. The van der Waals surface area contributed by atoms with Crippen LogP contribution in [0.15, 0.2) is 16.6 Å². The molecule has 0 aliphatic carbocycles. The van der Waals surface area contributed by atoms with Crippen molar-refractivity contribution in [2.24, 2.45) is 0 Å². The van der Waals surface area contributed by atoms with Crippen LogP contribution in [-0.2, 0) is 6.42 Å². The first kappa shape index (κ1) is 9.14. The van der Waals surface area contributed by atoms with E-state index in [-0.39, 0.29) is 10.9 Å². The van der Waals surface area contributed by atoms with Gasteiger partial charge in [0.2, 0.25) is 0 Å². The summed E-state index contributed by atoms with van der Waals surface area (Å²) in [6.07, 6.45) is 0.0792. The summed E-state index contributed by atoms with van der Waals surface area (Å²) in [6, 6.07) is 4.26. The smallest absolute Gasteiger partial charge is 0.172 e. The van der Waals surface area contributed by atoms with Gasteiger partial charge in [-0.05, 0) is 33.6 Å². The first-order valence-electron chi connectivity index (χ1n) is 3.15. The minimum atomic E-state index is -0.936. The van der Waals surface area contributed by atoms with Gasteiger partial charge in [-0.2, -0.15) is 5.26 Å². The predicted octanol–water partition coefficient (Wildman–Crippen LogP) is 2.79. The molecule has 4 heteroatoms. The fourth-order valence-corrected chi connectivity index (χ4v) is 1.28. The lowest BCUT2D eigenvalue weighted by molar-refractivity contribution is 0.503. The van der Waals surface area contributed by atoms with E-state index in [0.29, 0.717) is 5.56 Å². The Morgan fingerprint density at radius 3 is 2.58 bits per heavy atom. The van der Waals surface area contributed by atoms with Gasteiger partial charge >= 0.3 is 0 Å². The summed E-state index contributed by atoms with van der Waals surface area (Å²) < 4.78 is 25.3. The fraction of sp³-hybridized carbons (Fsp3) is 0.125. The number of rotatable bonds is 1. The lowest BCUT2D eigenvalue weighted by Gasteiger charge is -1.98. The van der Waals surface area contributed by atoms with Crippen LogP contribution in [0.4, 0.5) is 8.78 Å². The third-order valence-electron chi connectivity index (χ3n) is 1.33. The molecule has 0 amide bonds. The van der Waals surface area contributed by atoms with E-state index in [1.54, 1.807) is 0 Å². The van der Waals surface area contributed by atoms with Crippen LogP contribution in [0, 0.1) is 23.0 Å².